The molecule has 10 heteroatoms. The van der Waals surface area contributed by atoms with E-state index in [0.29, 0.717) is 34.1 Å². The lowest BCUT2D eigenvalue weighted by Gasteiger charge is -2.08. The van der Waals surface area contributed by atoms with Crippen LogP contribution in [0.5, 0.6) is 0 Å². The summed E-state index contributed by atoms with van der Waals surface area (Å²) < 4.78 is 16.5. The van der Waals surface area contributed by atoms with E-state index < -0.39 is 0 Å². The van der Waals surface area contributed by atoms with Gasteiger partial charge in [-0.1, -0.05) is 41.4 Å². The van der Waals surface area contributed by atoms with Crippen LogP contribution < -0.4 is 10.6 Å². The molecule has 2 aromatic heterocycles. The summed E-state index contributed by atoms with van der Waals surface area (Å²) in [5.74, 6) is 0.319. The second-order valence-corrected chi connectivity index (χ2v) is 7.95. The molecule has 0 amide bonds. The monoisotopic (exact) mass is 474 g/mol. The van der Waals surface area contributed by atoms with Crippen molar-refractivity contribution in [3.63, 3.8) is 0 Å². The number of nitrogens with one attached hydrogen (secondary N) is 2. The van der Waals surface area contributed by atoms with Gasteiger partial charge in [0.1, 0.15) is 5.82 Å². The average molecular weight is 475 g/mol. The first-order valence-electron chi connectivity index (χ1n) is 9.27. The van der Waals surface area contributed by atoms with Gasteiger partial charge in [0.25, 0.3) is 0 Å². The lowest BCUT2D eigenvalue weighted by atomic mass is 10.2. The van der Waals surface area contributed by atoms with Gasteiger partial charge in [0, 0.05) is 34.1 Å². The number of nitrogens with zero attached hydrogens (tertiary/aromatic N) is 4. The second kappa shape index (κ2) is 9.47. The molecule has 0 fully saturated rings. The minimum Gasteiger partial charge on any atom is -0.330 e. The van der Waals surface area contributed by atoms with Gasteiger partial charge < -0.3 is 10.6 Å². The highest BCUT2D eigenvalue weighted by Crippen LogP contribution is 2.25. The molecule has 2 heterocycles. The molecule has 0 spiro atoms. The van der Waals surface area contributed by atoms with Crippen LogP contribution in [0.15, 0.2) is 67.1 Å². The quantitative estimate of drug-likeness (QED) is 0.364. The van der Waals surface area contributed by atoms with Crippen LogP contribution in [0.3, 0.4) is 0 Å². The van der Waals surface area contributed by atoms with Crippen LogP contribution in [0.2, 0.25) is 10.0 Å². The second-order valence-electron chi connectivity index (χ2n) is 6.73. The Labute approximate surface area is 193 Å². The maximum Gasteiger partial charge on any atom is 0.176 e. The van der Waals surface area contributed by atoms with Gasteiger partial charge in [0.15, 0.2) is 10.9 Å². The van der Waals surface area contributed by atoms with Crippen LogP contribution in [0.25, 0.3) is 0 Å². The van der Waals surface area contributed by atoms with E-state index in [1.165, 1.54) is 12.1 Å². The smallest absolute Gasteiger partial charge is 0.176 e. The van der Waals surface area contributed by atoms with E-state index in [-0.39, 0.29) is 5.82 Å². The molecule has 0 bridgehead atoms. The van der Waals surface area contributed by atoms with Crippen LogP contribution in [0.4, 0.5) is 15.9 Å². The first kappa shape index (κ1) is 21.3. The van der Waals surface area contributed by atoms with Crippen molar-refractivity contribution in [1.82, 2.24) is 19.6 Å². The fraction of sp³-hybridized carbons (Fsp3) is 0.0952. The highest BCUT2D eigenvalue weighted by Gasteiger charge is 2.09. The molecule has 2 N–H and O–H groups in total. The third kappa shape index (κ3) is 5.61. The Morgan fingerprint density at radius 1 is 0.968 bits per heavy atom. The molecule has 4 aromatic rings. The first-order chi connectivity index (χ1) is 15.0. The maximum atomic E-state index is 13.0. The van der Waals surface area contributed by atoms with Crippen molar-refractivity contribution >= 4 is 52.0 Å². The van der Waals surface area contributed by atoms with E-state index in [2.05, 4.69) is 20.8 Å². The summed E-state index contributed by atoms with van der Waals surface area (Å²) >= 11 is 17.8. The fourth-order valence-corrected chi connectivity index (χ4v) is 3.67. The Morgan fingerprint density at radius 3 is 2.45 bits per heavy atom. The number of hydrogen-bond donors (Lipinski definition) is 2. The molecule has 6 nitrogen and oxygen atoms in total. The highest BCUT2D eigenvalue weighted by molar-refractivity contribution is 7.80. The zero-order chi connectivity index (χ0) is 21.8. The zero-order valence-corrected chi connectivity index (χ0v) is 18.4. The summed E-state index contributed by atoms with van der Waals surface area (Å²) in [5.41, 5.74) is 2.47. The summed E-state index contributed by atoms with van der Waals surface area (Å²) in [6.45, 7) is 0.966. The van der Waals surface area contributed by atoms with Crippen molar-refractivity contribution in [3.8, 4) is 0 Å². The van der Waals surface area contributed by atoms with Gasteiger partial charge in [-0.15, -0.1) is 0 Å². The molecular weight excluding hydrogens is 458 g/mol. The Bertz CT molecular complexity index is 1180. The van der Waals surface area contributed by atoms with Crippen molar-refractivity contribution in [3.05, 3.63) is 94.1 Å². The van der Waals surface area contributed by atoms with Crippen LogP contribution in [0, 0.1) is 5.82 Å². The SMILES string of the molecule is Fc1ccc(Cn2cc(NC(=S)Nc3ccn(Cc4c(Cl)cccc4Cl)n3)cn2)cc1. The Balaban J connectivity index is 1.33. The van der Waals surface area contributed by atoms with Gasteiger partial charge >= 0.3 is 0 Å². The molecule has 0 saturated heterocycles. The minimum absolute atomic E-state index is 0.264. The van der Waals surface area contributed by atoms with Crippen LogP contribution >= 0.6 is 35.4 Å². The molecule has 0 aliphatic heterocycles. The van der Waals surface area contributed by atoms with Gasteiger partial charge in [-0.3, -0.25) is 9.36 Å². The van der Waals surface area contributed by atoms with Gasteiger partial charge in [-0.05, 0) is 42.0 Å². The normalized spacial score (nSPS) is 10.8. The lowest BCUT2D eigenvalue weighted by Crippen LogP contribution is -2.19. The van der Waals surface area contributed by atoms with E-state index in [1.54, 1.807) is 52.0 Å². The molecule has 0 unspecified atom stereocenters. The van der Waals surface area contributed by atoms with Crippen LogP contribution in [0.1, 0.15) is 11.1 Å². The molecule has 158 valence electrons. The molecule has 0 atom stereocenters. The number of hydrogen-bond acceptors (Lipinski definition) is 3. The number of thiocarbonyl (C=S) groups is 1. The maximum absolute atomic E-state index is 13.0. The molecule has 0 aliphatic rings. The van der Waals surface area contributed by atoms with Gasteiger partial charge in [-0.2, -0.15) is 10.2 Å². The molecular formula is C21H17Cl2FN6S. The topological polar surface area (TPSA) is 59.7 Å². The third-order valence-corrected chi connectivity index (χ3v) is 5.33. The molecule has 2 aromatic carbocycles. The molecule has 0 radical (unpaired) electrons. The molecule has 4 rings (SSSR count). The van der Waals surface area contributed by atoms with Crippen molar-refractivity contribution in [2.75, 3.05) is 10.6 Å². The third-order valence-electron chi connectivity index (χ3n) is 4.41. The summed E-state index contributed by atoms with van der Waals surface area (Å²) in [7, 11) is 0. The van der Waals surface area contributed by atoms with Crippen molar-refractivity contribution < 1.29 is 4.39 Å². The number of benzene rings is 2. The Kier molecular flexibility index (Phi) is 6.50. The molecule has 31 heavy (non-hydrogen) atoms. The van der Waals surface area contributed by atoms with Crippen molar-refractivity contribution in [1.29, 1.82) is 0 Å². The summed E-state index contributed by atoms with van der Waals surface area (Å²) in [6, 6.07) is 13.5. The summed E-state index contributed by atoms with van der Waals surface area (Å²) in [4.78, 5) is 0. The van der Waals surface area contributed by atoms with Crippen molar-refractivity contribution in [2.45, 2.75) is 13.1 Å². The van der Waals surface area contributed by atoms with E-state index >= 15 is 0 Å². The Morgan fingerprint density at radius 2 is 1.71 bits per heavy atom. The van der Waals surface area contributed by atoms with E-state index in [9.17, 15) is 4.39 Å². The van der Waals surface area contributed by atoms with Crippen LogP contribution in [-0.4, -0.2) is 24.7 Å². The first-order valence-corrected chi connectivity index (χ1v) is 10.4. The van der Waals surface area contributed by atoms with Gasteiger partial charge in [0.05, 0.1) is 25.0 Å². The van der Waals surface area contributed by atoms with Gasteiger partial charge in [0.2, 0.25) is 0 Å². The summed E-state index contributed by atoms with van der Waals surface area (Å²) in [6.07, 6.45) is 5.29. The van der Waals surface area contributed by atoms with E-state index in [4.69, 9.17) is 35.4 Å². The molecule has 0 saturated carbocycles. The van der Waals surface area contributed by atoms with E-state index in [1.807, 2.05) is 12.4 Å². The largest absolute Gasteiger partial charge is 0.330 e. The zero-order valence-electron chi connectivity index (χ0n) is 16.1. The summed E-state index contributed by atoms with van der Waals surface area (Å²) in [5, 5.41) is 16.4. The standard InChI is InChI=1S/C21H17Cl2FN6S/c22-18-2-1-3-19(23)17(18)13-29-9-8-20(28-29)27-21(31)26-16-10-25-30(12-16)11-14-4-6-15(24)7-5-14/h1-10,12H,11,13H2,(H2,26,27,28,31). The fourth-order valence-electron chi connectivity index (χ4n) is 2.93. The van der Waals surface area contributed by atoms with Gasteiger partial charge in [-0.25, -0.2) is 4.39 Å². The minimum atomic E-state index is -0.264. The number of aromatic nitrogens is 4. The van der Waals surface area contributed by atoms with Crippen LogP contribution in [-0.2, 0) is 13.1 Å². The number of rotatable bonds is 6. The predicted octanol–water partition coefficient (Wildman–Crippen LogP) is 5.43. The van der Waals surface area contributed by atoms with Crippen molar-refractivity contribution in [2.24, 2.45) is 0 Å². The van der Waals surface area contributed by atoms with E-state index in [0.717, 1.165) is 16.8 Å². The lowest BCUT2D eigenvalue weighted by molar-refractivity contribution is 0.624. The Hall–Kier alpha value is -2.94. The predicted molar refractivity (Wildman–Crippen MR) is 125 cm³/mol. The highest BCUT2D eigenvalue weighted by atomic mass is 35.5. The number of halogens is 3. The average Bonchev–Trinajstić information content (AvgIpc) is 3.36. The molecule has 0 aliphatic carbocycles. The number of anilines is 2.